The van der Waals surface area contributed by atoms with E-state index in [4.69, 9.17) is 0 Å². The first-order chi connectivity index (χ1) is 11.2. The van der Waals surface area contributed by atoms with Gasteiger partial charge in [-0.3, -0.25) is 9.59 Å². The van der Waals surface area contributed by atoms with Crippen LogP contribution in [0.15, 0.2) is 68.3 Å². The topological polar surface area (TPSA) is 110 Å². The predicted molar refractivity (Wildman–Crippen MR) is 79.8 cm³/mol. The molecule has 2 heterocycles. The van der Waals surface area contributed by atoms with Crippen molar-refractivity contribution in [1.82, 2.24) is 9.72 Å². The fourth-order valence-corrected chi connectivity index (χ4v) is 1.95. The summed E-state index contributed by atoms with van der Waals surface area (Å²) >= 11 is 0. The Labute approximate surface area is 129 Å². The quantitative estimate of drug-likeness (QED) is 0.588. The lowest BCUT2D eigenvalue weighted by atomic mass is 10.2. The third-order valence-corrected chi connectivity index (χ3v) is 3.01. The number of carbonyl (C=O) groups excluding carboxylic acids is 1. The molecule has 0 aliphatic heterocycles. The van der Waals surface area contributed by atoms with Gasteiger partial charge in [0.15, 0.2) is 6.29 Å². The smallest absolute Gasteiger partial charge is 0.268 e. The molecule has 3 rings (SSSR count). The van der Waals surface area contributed by atoms with Gasteiger partial charge in [0.25, 0.3) is 5.56 Å². The Hall–Kier alpha value is -3.55. The van der Waals surface area contributed by atoms with Crippen molar-refractivity contribution in [3.05, 3.63) is 64.6 Å². The van der Waals surface area contributed by atoms with Crippen molar-refractivity contribution in [1.29, 1.82) is 0 Å². The number of aromatic hydroxyl groups is 1. The van der Waals surface area contributed by atoms with Crippen molar-refractivity contribution in [2.75, 3.05) is 0 Å². The second-order valence-electron chi connectivity index (χ2n) is 4.46. The number of rotatable bonds is 4. The minimum atomic E-state index is -0.649. The second-order valence-corrected chi connectivity index (χ2v) is 4.46. The van der Waals surface area contributed by atoms with Crippen LogP contribution in [0.5, 0.6) is 5.88 Å². The van der Waals surface area contributed by atoms with Gasteiger partial charge in [0.2, 0.25) is 11.7 Å². The summed E-state index contributed by atoms with van der Waals surface area (Å²) in [4.78, 5) is 23.4. The molecule has 0 radical (unpaired) electrons. The lowest BCUT2D eigenvalue weighted by molar-refractivity contribution is 0.112. The van der Waals surface area contributed by atoms with E-state index < -0.39 is 11.4 Å². The van der Waals surface area contributed by atoms with Crippen LogP contribution < -0.4 is 5.56 Å². The number of aromatic nitrogens is 2. The first kappa shape index (κ1) is 14.4. The van der Waals surface area contributed by atoms with Crippen LogP contribution in [0.1, 0.15) is 10.4 Å². The van der Waals surface area contributed by atoms with Gasteiger partial charge in [0.05, 0.1) is 11.3 Å². The molecule has 1 N–H and O–H groups in total. The van der Waals surface area contributed by atoms with Gasteiger partial charge in [0.1, 0.15) is 12.0 Å². The number of azo groups is 1. The molecule has 0 aliphatic rings. The maximum Gasteiger partial charge on any atom is 0.268 e. The molecule has 0 saturated carbocycles. The third kappa shape index (κ3) is 2.77. The number of aldehydes is 1. The second kappa shape index (κ2) is 6.06. The summed E-state index contributed by atoms with van der Waals surface area (Å²) in [5, 5.41) is 21.5. The first-order valence-corrected chi connectivity index (χ1v) is 6.52. The Morgan fingerprint density at radius 2 is 1.96 bits per heavy atom. The summed E-state index contributed by atoms with van der Waals surface area (Å²) < 4.78 is 5.60. The highest BCUT2D eigenvalue weighted by molar-refractivity contribution is 5.77. The molecule has 23 heavy (non-hydrogen) atoms. The number of hydrogen-bond donors (Lipinski definition) is 1. The number of hydrogen-bond acceptors (Lipinski definition) is 7. The van der Waals surface area contributed by atoms with Crippen molar-refractivity contribution in [3.63, 3.8) is 0 Å². The maximum atomic E-state index is 12.3. The monoisotopic (exact) mass is 310 g/mol. The molecule has 2 aromatic heterocycles. The van der Waals surface area contributed by atoms with E-state index >= 15 is 0 Å². The summed E-state index contributed by atoms with van der Waals surface area (Å²) in [6, 6.07) is 11.0. The molecule has 0 bridgehead atoms. The Morgan fingerprint density at radius 3 is 2.61 bits per heavy atom. The Bertz CT molecular complexity index is 915. The highest BCUT2D eigenvalue weighted by Gasteiger charge is 2.15. The van der Waals surface area contributed by atoms with Crippen molar-refractivity contribution in [3.8, 4) is 11.6 Å². The zero-order valence-electron chi connectivity index (χ0n) is 11.7. The van der Waals surface area contributed by atoms with Crippen molar-refractivity contribution in [2.45, 2.75) is 0 Å². The molecule has 8 nitrogen and oxygen atoms in total. The minimum absolute atomic E-state index is 0.0430. The van der Waals surface area contributed by atoms with Crippen LogP contribution in [0, 0.1) is 0 Å². The number of nitrogens with zero attached hydrogens (tertiary/aromatic N) is 4. The molecule has 114 valence electrons. The van der Waals surface area contributed by atoms with Crippen LogP contribution >= 0.6 is 0 Å². The normalized spacial score (nSPS) is 11.0. The molecular formula is C15H10N4O4. The Balaban J connectivity index is 2.18. The molecule has 0 spiro atoms. The van der Waals surface area contributed by atoms with Crippen LogP contribution in [0.3, 0.4) is 0 Å². The van der Waals surface area contributed by atoms with E-state index in [0.717, 1.165) is 10.6 Å². The van der Waals surface area contributed by atoms with E-state index in [9.17, 15) is 14.7 Å². The van der Waals surface area contributed by atoms with E-state index in [0.29, 0.717) is 12.0 Å². The average Bonchev–Trinajstić information content (AvgIpc) is 3.09. The van der Waals surface area contributed by atoms with Crippen LogP contribution in [0.4, 0.5) is 11.5 Å². The van der Waals surface area contributed by atoms with E-state index in [1.807, 2.05) is 0 Å². The van der Waals surface area contributed by atoms with Crippen molar-refractivity contribution < 1.29 is 14.4 Å². The SMILES string of the molecule is O=Cc1cc(N=Nc2ccon2)c(O)n(-c2ccccc2)c1=O. The first-order valence-electron chi connectivity index (χ1n) is 6.52. The molecular weight excluding hydrogens is 300 g/mol. The summed E-state index contributed by atoms with van der Waals surface area (Å²) in [5.41, 5.74) is -0.444. The molecule has 0 saturated heterocycles. The average molecular weight is 310 g/mol. The largest absolute Gasteiger partial charge is 0.493 e. The molecule has 3 aromatic rings. The van der Waals surface area contributed by atoms with Gasteiger partial charge in [-0.1, -0.05) is 23.4 Å². The standard InChI is InChI=1S/C15H10N4O4/c20-9-10-8-12(16-17-13-6-7-23-18-13)15(22)19(14(10)21)11-4-2-1-3-5-11/h1-9,22H. The fourth-order valence-electron chi connectivity index (χ4n) is 1.95. The van der Waals surface area contributed by atoms with Crippen molar-refractivity contribution >= 4 is 17.8 Å². The lowest BCUT2D eigenvalue weighted by Crippen LogP contribution is -2.21. The minimum Gasteiger partial charge on any atom is -0.493 e. The summed E-state index contributed by atoms with van der Waals surface area (Å²) in [7, 11) is 0. The van der Waals surface area contributed by atoms with Crippen LogP contribution in [0.25, 0.3) is 5.69 Å². The van der Waals surface area contributed by atoms with E-state index in [2.05, 4.69) is 19.9 Å². The van der Waals surface area contributed by atoms with Crippen LogP contribution in [0.2, 0.25) is 0 Å². The van der Waals surface area contributed by atoms with Crippen molar-refractivity contribution in [2.24, 2.45) is 10.2 Å². The van der Waals surface area contributed by atoms with Crippen LogP contribution in [-0.4, -0.2) is 21.1 Å². The molecule has 0 unspecified atom stereocenters. The fraction of sp³-hybridized carbons (Fsp3) is 0. The highest BCUT2D eigenvalue weighted by Crippen LogP contribution is 2.29. The number of carbonyl (C=O) groups is 1. The molecule has 0 aliphatic carbocycles. The summed E-state index contributed by atoms with van der Waals surface area (Å²) in [6.07, 6.45) is 1.71. The molecule has 8 heteroatoms. The summed E-state index contributed by atoms with van der Waals surface area (Å²) in [6.45, 7) is 0. The zero-order valence-corrected chi connectivity index (χ0v) is 11.7. The number of benzene rings is 1. The highest BCUT2D eigenvalue weighted by atomic mass is 16.5. The number of para-hydroxylation sites is 1. The van der Waals surface area contributed by atoms with Crippen LogP contribution in [-0.2, 0) is 0 Å². The molecule has 0 amide bonds. The van der Waals surface area contributed by atoms with Gasteiger partial charge in [-0.25, -0.2) is 4.57 Å². The molecule has 1 aromatic carbocycles. The summed E-state index contributed by atoms with van der Waals surface area (Å²) in [5.74, 6) is -0.242. The lowest BCUT2D eigenvalue weighted by Gasteiger charge is -2.10. The maximum absolute atomic E-state index is 12.3. The Kier molecular flexibility index (Phi) is 3.79. The van der Waals surface area contributed by atoms with Gasteiger partial charge in [-0.15, -0.1) is 10.2 Å². The predicted octanol–water partition coefficient (Wildman–Crippen LogP) is 2.76. The molecule has 0 atom stereocenters. The Morgan fingerprint density at radius 1 is 1.17 bits per heavy atom. The third-order valence-electron chi connectivity index (χ3n) is 3.01. The van der Waals surface area contributed by atoms with E-state index in [1.54, 1.807) is 30.3 Å². The number of pyridine rings is 1. The zero-order chi connectivity index (χ0) is 16.2. The van der Waals surface area contributed by atoms with Gasteiger partial charge in [-0.05, 0) is 18.2 Å². The van der Waals surface area contributed by atoms with Gasteiger partial charge in [-0.2, -0.15) is 0 Å². The van der Waals surface area contributed by atoms with E-state index in [-0.39, 0.29) is 17.1 Å². The van der Waals surface area contributed by atoms with Gasteiger partial charge in [0, 0.05) is 6.07 Å². The van der Waals surface area contributed by atoms with Gasteiger partial charge < -0.3 is 9.63 Å². The van der Waals surface area contributed by atoms with E-state index in [1.165, 1.54) is 12.3 Å². The molecule has 0 fully saturated rings. The van der Waals surface area contributed by atoms with Gasteiger partial charge >= 0.3 is 0 Å².